The molecule has 0 aliphatic heterocycles. The molecule has 2 aliphatic carbocycles. The van der Waals surface area contributed by atoms with Crippen molar-refractivity contribution >= 4 is 0 Å². The Labute approximate surface area is 102 Å². The minimum Gasteiger partial charge on any atom is -0.103 e. The molecule has 0 atom stereocenters. The highest BCUT2D eigenvalue weighted by Gasteiger charge is 2.29. The van der Waals surface area contributed by atoms with Gasteiger partial charge < -0.3 is 0 Å². The van der Waals surface area contributed by atoms with Crippen molar-refractivity contribution in [3.8, 4) is 0 Å². The third kappa shape index (κ3) is 2.90. The summed E-state index contributed by atoms with van der Waals surface area (Å²) in [7, 11) is 0. The molecule has 0 aromatic rings. The Balaban J connectivity index is 1.75. The van der Waals surface area contributed by atoms with Crippen molar-refractivity contribution < 1.29 is 0 Å². The lowest BCUT2D eigenvalue weighted by atomic mass is 9.69. The zero-order chi connectivity index (χ0) is 11.4. The molecule has 0 unspecified atom stereocenters. The third-order valence-corrected chi connectivity index (χ3v) is 5.29. The fourth-order valence-corrected chi connectivity index (χ4v) is 3.92. The van der Waals surface area contributed by atoms with Crippen LogP contribution in [0.25, 0.3) is 0 Å². The molecule has 2 saturated carbocycles. The molecular weight excluding hydrogens is 192 g/mol. The Hall–Kier alpha value is -0.260. The fourth-order valence-electron chi connectivity index (χ4n) is 3.92. The SMILES string of the molecule is C=CC1CCC(C2CCC(CC)CC2)CC1. The first kappa shape index (κ1) is 12.2. The molecule has 0 aromatic carbocycles. The molecule has 0 heteroatoms. The summed E-state index contributed by atoms with van der Waals surface area (Å²) in [5.41, 5.74) is 0. The van der Waals surface area contributed by atoms with Gasteiger partial charge >= 0.3 is 0 Å². The van der Waals surface area contributed by atoms with E-state index in [0.29, 0.717) is 0 Å². The number of hydrogen-bond donors (Lipinski definition) is 0. The lowest BCUT2D eigenvalue weighted by Gasteiger charge is -2.37. The molecule has 2 rings (SSSR count). The largest absolute Gasteiger partial charge is 0.103 e. The Bertz CT molecular complexity index is 202. The summed E-state index contributed by atoms with van der Waals surface area (Å²) in [6.07, 6.45) is 15.5. The van der Waals surface area contributed by atoms with Crippen LogP contribution in [0.1, 0.15) is 64.7 Å². The predicted molar refractivity (Wildman–Crippen MR) is 71.4 cm³/mol. The molecule has 92 valence electrons. The van der Waals surface area contributed by atoms with E-state index >= 15 is 0 Å². The van der Waals surface area contributed by atoms with Crippen LogP contribution in [0.3, 0.4) is 0 Å². The Morgan fingerprint density at radius 3 is 1.81 bits per heavy atom. The van der Waals surface area contributed by atoms with Gasteiger partial charge in [0.25, 0.3) is 0 Å². The molecule has 0 radical (unpaired) electrons. The fraction of sp³-hybridized carbons (Fsp3) is 0.875. The van der Waals surface area contributed by atoms with E-state index in [2.05, 4.69) is 19.6 Å². The molecule has 0 amide bonds. The van der Waals surface area contributed by atoms with Crippen LogP contribution in [-0.2, 0) is 0 Å². The zero-order valence-corrected chi connectivity index (χ0v) is 11.0. The highest BCUT2D eigenvalue weighted by atomic mass is 14.3. The van der Waals surface area contributed by atoms with Crippen LogP contribution in [-0.4, -0.2) is 0 Å². The molecule has 0 bridgehead atoms. The topological polar surface area (TPSA) is 0 Å². The van der Waals surface area contributed by atoms with Crippen molar-refractivity contribution in [2.45, 2.75) is 64.7 Å². The minimum absolute atomic E-state index is 0.836. The smallest absolute Gasteiger partial charge is 0.0236 e. The normalized spacial score (nSPS) is 40.6. The Morgan fingerprint density at radius 1 is 0.875 bits per heavy atom. The third-order valence-electron chi connectivity index (χ3n) is 5.29. The van der Waals surface area contributed by atoms with Crippen LogP contribution in [0.4, 0.5) is 0 Å². The molecule has 2 aliphatic rings. The average Bonchev–Trinajstić information content (AvgIpc) is 2.39. The van der Waals surface area contributed by atoms with Crippen molar-refractivity contribution in [1.29, 1.82) is 0 Å². The van der Waals surface area contributed by atoms with Gasteiger partial charge in [-0.3, -0.25) is 0 Å². The maximum absolute atomic E-state index is 3.94. The monoisotopic (exact) mass is 220 g/mol. The van der Waals surface area contributed by atoms with Crippen molar-refractivity contribution in [3.05, 3.63) is 12.7 Å². The Morgan fingerprint density at radius 2 is 1.38 bits per heavy atom. The van der Waals surface area contributed by atoms with E-state index in [-0.39, 0.29) is 0 Å². The van der Waals surface area contributed by atoms with Gasteiger partial charge in [-0.2, -0.15) is 0 Å². The molecule has 0 spiro atoms. The highest BCUT2D eigenvalue weighted by Crippen LogP contribution is 2.41. The zero-order valence-electron chi connectivity index (χ0n) is 11.0. The van der Waals surface area contributed by atoms with E-state index in [1.807, 2.05) is 0 Å². The summed E-state index contributed by atoms with van der Waals surface area (Å²) >= 11 is 0. The molecule has 0 N–H and O–H groups in total. The summed E-state index contributed by atoms with van der Waals surface area (Å²) in [6.45, 7) is 6.30. The molecular formula is C16H28. The molecule has 0 nitrogen and oxygen atoms in total. The van der Waals surface area contributed by atoms with Crippen molar-refractivity contribution in [2.75, 3.05) is 0 Å². The number of hydrogen-bond acceptors (Lipinski definition) is 0. The van der Waals surface area contributed by atoms with Crippen molar-refractivity contribution in [1.82, 2.24) is 0 Å². The van der Waals surface area contributed by atoms with Gasteiger partial charge in [0, 0.05) is 0 Å². The number of rotatable bonds is 3. The quantitative estimate of drug-likeness (QED) is 0.574. The molecule has 16 heavy (non-hydrogen) atoms. The lowest BCUT2D eigenvalue weighted by Crippen LogP contribution is -2.25. The van der Waals surface area contributed by atoms with E-state index in [1.54, 1.807) is 0 Å². The van der Waals surface area contributed by atoms with E-state index in [9.17, 15) is 0 Å². The summed E-state index contributed by atoms with van der Waals surface area (Å²) in [5.74, 6) is 4.03. The average molecular weight is 220 g/mol. The first-order valence-corrected chi connectivity index (χ1v) is 7.46. The van der Waals surface area contributed by atoms with Crippen LogP contribution in [0.15, 0.2) is 12.7 Å². The van der Waals surface area contributed by atoms with Gasteiger partial charge in [-0.05, 0) is 62.2 Å². The minimum atomic E-state index is 0.836. The standard InChI is InChI=1S/C16H28/c1-3-13-5-9-15(10-6-13)16-11-7-14(4-2)8-12-16/h3,13-16H,1,4-12H2,2H3. The molecule has 2 fully saturated rings. The first-order chi connectivity index (χ1) is 7.83. The second-order valence-electron chi connectivity index (χ2n) is 6.10. The van der Waals surface area contributed by atoms with E-state index in [0.717, 1.165) is 23.7 Å². The summed E-state index contributed by atoms with van der Waals surface area (Å²) in [4.78, 5) is 0. The Kier molecular flexibility index (Phi) is 4.49. The second kappa shape index (κ2) is 5.89. The summed E-state index contributed by atoms with van der Waals surface area (Å²) in [5, 5.41) is 0. The van der Waals surface area contributed by atoms with Gasteiger partial charge in [0.1, 0.15) is 0 Å². The molecule has 0 heterocycles. The van der Waals surface area contributed by atoms with Gasteiger partial charge in [-0.15, -0.1) is 6.58 Å². The maximum atomic E-state index is 3.94. The predicted octanol–water partition coefficient (Wildman–Crippen LogP) is 5.20. The second-order valence-corrected chi connectivity index (χ2v) is 6.10. The van der Waals surface area contributed by atoms with Crippen LogP contribution < -0.4 is 0 Å². The highest BCUT2D eigenvalue weighted by molar-refractivity contribution is 4.87. The van der Waals surface area contributed by atoms with Gasteiger partial charge in [-0.25, -0.2) is 0 Å². The lowest BCUT2D eigenvalue weighted by molar-refractivity contribution is 0.154. The number of allylic oxidation sites excluding steroid dienone is 1. The van der Waals surface area contributed by atoms with Crippen LogP contribution >= 0.6 is 0 Å². The van der Waals surface area contributed by atoms with Crippen molar-refractivity contribution in [3.63, 3.8) is 0 Å². The van der Waals surface area contributed by atoms with Gasteiger partial charge in [-0.1, -0.05) is 32.3 Å². The van der Waals surface area contributed by atoms with E-state index in [1.165, 1.54) is 57.8 Å². The van der Waals surface area contributed by atoms with Gasteiger partial charge in [0.05, 0.1) is 0 Å². The van der Waals surface area contributed by atoms with E-state index in [4.69, 9.17) is 0 Å². The summed E-state index contributed by atoms with van der Waals surface area (Å²) in [6, 6.07) is 0. The van der Waals surface area contributed by atoms with Gasteiger partial charge in [0.2, 0.25) is 0 Å². The van der Waals surface area contributed by atoms with Gasteiger partial charge in [0.15, 0.2) is 0 Å². The van der Waals surface area contributed by atoms with Crippen LogP contribution in [0.5, 0.6) is 0 Å². The van der Waals surface area contributed by atoms with Crippen LogP contribution in [0.2, 0.25) is 0 Å². The molecule has 0 saturated heterocycles. The van der Waals surface area contributed by atoms with Crippen molar-refractivity contribution in [2.24, 2.45) is 23.7 Å². The van der Waals surface area contributed by atoms with Crippen LogP contribution in [0, 0.1) is 23.7 Å². The van der Waals surface area contributed by atoms with E-state index < -0.39 is 0 Å². The maximum Gasteiger partial charge on any atom is -0.0236 e. The summed E-state index contributed by atoms with van der Waals surface area (Å²) < 4.78 is 0. The molecule has 0 aromatic heterocycles. The first-order valence-electron chi connectivity index (χ1n) is 7.46.